The molecule has 92 valence electrons. The van der Waals surface area contributed by atoms with E-state index >= 15 is 0 Å². The molecular formula is C13H19N3O. The number of nitrogens with two attached hydrogens (primary N) is 1. The third kappa shape index (κ3) is 4.07. The lowest BCUT2D eigenvalue weighted by atomic mass is 10.2. The second-order valence-corrected chi connectivity index (χ2v) is 4.33. The van der Waals surface area contributed by atoms with E-state index in [-0.39, 0.29) is 0 Å². The Morgan fingerprint density at radius 2 is 2.00 bits per heavy atom. The molecule has 0 radical (unpaired) electrons. The normalized spacial score (nSPS) is 17.3. The van der Waals surface area contributed by atoms with Crippen LogP contribution in [0.1, 0.15) is 31.2 Å². The van der Waals surface area contributed by atoms with Crippen LogP contribution < -0.4 is 11.2 Å². The molecule has 0 aromatic heterocycles. The predicted octanol–water partition coefficient (Wildman–Crippen LogP) is 1.97. The first-order valence-corrected chi connectivity index (χ1v) is 6.09. The molecule has 0 atom stereocenters. The van der Waals surface area contributed by atoms with E-state index in [2.05, 4.69) is 10.5 Å². The number of aliphatic imine (C=N–C) groups is 1. The van der Waals surface area contributed by atoms with E-state index in [0.717, 1.165) is 18.4 Å². The van der Waals surface area contributed by atoms with Crippen LogP contribution in [0.3, 0.4) is 0 Å². The van der Waals surface area contributed by atoms with E-state index in [4.69, 9.17) is 10.6 Å². The van der Waals surface area contributed by atoms with Crippen molar-refractivity contribution in [2.24, 2.45) is 10.7 Å². The minimum Gasteiger partial charge on any atom is -0.368 e. The highest BCUT2D eigenvalue weighted by Crippen LogP contribution is 2.20. The Kier molecular flexibility index (Phi) is 4.38. The van der Waals surface area contributed by atoms with Crippen LogP contribution in [-0.4, -0.2) is 12.0 Å². The third-order valence-electron chi connectivity index (χ3n) is 2.90. The summed E-state index contributed by atoms with van der Waals surface area (Å²) in [6.45, 7) is 0.488. The molecule has 17 heavy (non-hydrogen) atoms. The minimum absolute atomic E-state index is 0.378. The average molecular weight is 233 g/mol. The van der Waals surface area contributed by atoms with Gasteiger partial charge >= 0.3 is 0 Å². The highest BCUT2D eigenvalue weighted by atomic mass is 16.6. The monoisotopic (exact) mass is 233 g/mol. The Labute approximate surface area is 102 Å². The Morgan fingerprint density at radius 3 is 2.71 bits per heavy atom. The van der Waals surface area contributed by atoms with Gasteiger partial charge in [-0.1, -0.05) is 43.2 Å². The molecule has 0 aliphatic heterocycles. The fourth-order valence-electron chi connectivity index (χ4n) is 2.02. The van der Waals surface area contributed by atoms with Crippen molar-refractivity contribution in [3.05, 3.63) is 35.9 Å². The van der Waals surface area contributed by atoms with Crippen molar-refractivity contribution < 1.29 is 4.84 Å². The van der Waals surface area contributed by atoms with Crippen LogP contribution in [0.25, 0.3) is 0 Å². The van der Waals surface area contributed by atoms with Crippen LogP contribution >= 0.6 is 0 Å². The Morgan fingerprint density at radius 1 is 1.29 bits per heavy atom. The molecule has 1 aromatic carbocycles. The molecule has 1 aliphatic rings. The predicted molar refractivity (Wildman–Crippen MR) is 68.2 cm³/mol. The van der Waals surface area contributed by atoms with Gasteiger partial charge in [0.15, 0.2) is 0 Å². The Hall–Kier alpha value is -1.55. The molecule has 4 nitrogen and oxygen atoms in total. The molecule has 1 aromatic rings. The van der Waals surface area contributed by atoms with Crippen LogP contribution in [-0.2, 0) is 11.4 Å². The molecule has 4 heteroatoms. The minimum atomic E-state index is 0.378. The van der Waals surface area contributed by atoms with E-state index in [0.29, 0.717) is 18.6 Å². The van der Waals surface area contributed by atoms with E-state index in [1.165, 1.54) is 12.8 Å². The van der Waals surface area contributed by atoms with E-state index in [1.807, 2.05) is 30.3 Å². The van der Waals surface area contributed by atoms with E-state index in [1.54, 1.807) is 0 Å². The second kappa shape index (κ2) is 6.25. The lowest BCUT2D eigenvalue weighted by molar-refractivity contribution is 0.0700. The number of hydrogen-bond acceptors (Lipinski definition) is 2. The van der Waals surface area contributed by atoms with Gasteiger partial charge in [-0.2, -0.15) is 0 Å². The van der Waals surface area contributed by atoms with Gasteiger partial charge in [-0.15, -0.1) is 0 Å². The summed E-state index contributed by atoms with van der Waals surface area (Å²) in [7, 11) is 0. The zero-order chi connectivity index (χ0) is 11.9. The van der Waals surface area contributed by atoms with Gasteiger partial charge in [0.25, 0.3) is 0 Å². The summed E-state index contributed by atoms with van der Waals surface area (Å²) in [5.41, 5.74) is 9.52. The molecule has 3 N–H and O–H groups in total. The summed E-state index contributed by atoms with van der Waals surface area (Å²) in [6, 6.07) is 10.3. The number of benzene rings is 1. The smallest absolute Gasteiger partial charge is 0.213 e. The quantitative estimate of drug-likeness (QED) is 0.475. The summed E-state index contributed by atoms with van der Waals surface area (Å²) in [5, 5.41) is 0. The molecule has 0 spiro atoms. The summed E-state index contributed by atoms with van der Waals surface area (Å²) in [4.78, 5) is 9.65. The first kappa shape index (κ1) is 11.9. The summed E-state index contributed by atoms with van der Waals surface area (Å²) < 4.78 is 0. The van der Waals surface area contributed by atoms with Gasteiger partial charge < -0.3 is 5.73 Å². The molecule has 0 amide bonds. The maximum absolute atomic E-state index is 5.73. The number of hydroxylamine groups is 1. The summed E-state index contributed by atoms with van der Waals surface area (Å²) in [6.07, 6.45) is 4.79. The second-order valence-electron chi connectivity index (χ2n) is 4.33. The van der Waals surface area contributed by atoms with Crippen LogP contribution in [0.4, 0.5) is 0 Å². The van der Waals surface area contributed by atoms with Gasteiger partial charge in [0.2, 0.25) is 5.96 Å². The van der Waals surface area contributed by atoms with Crippen molar-refractivity contribution in [1.29, 1.82) is 0 Å². The molecule has 0 saturated heterocycles. The van der Waals surface area contributed by atoms with Crippen molar-refractivity contribution in [2.75, 3.05) is 0 Å². The van der Waals surface area contributed by atoms with Gasteiger partial charge in [0.1, 0.15) is 0 Å². The summed E-state index contributed by atoms with van der Waals surface area (Å²) >= 11 is 0. The zero-order valence-electron chi connectivity index (χ0n) is 9.93. The van der Waals surface area contributed by atoms with Crippen molar-refractivity contribution >= 4 is 5.96 Å². The largest absolute Gasteiger partial charge is 0.368 e. The molecule has 1 fully saturated rings. The molecule has 0 heterocycles. The maximum Gasteiger partial charge on any atom is 0.213 e. The molecule has 2 rings (SSSR count). The van der Waals surface area contributed by atoms with Crippen LogP contribution in [0.15, 0.2) is 35.3 Å². The van der Waals surface area contributed by atoms with Gasteiger partial charge in [-0.3, -0.25) is 4.84 Å². The molecule has 1 aliphatic carbocycles. The van der Waals surface area contributed by atoms with E-state index < -0.39 is 0 Å². The van der Waals surface area contributed by atoms with Gasteiger partial charge in [-0.25, -0.2) is 10.5 Å². The lowest BCUT2D eigenvalue weighted by Crippen LogP contribution is -2.32. The standard InChI is InChI=1S/C13H19N3O/c14-13(15-12-8-4-5-9-12)16-17-10-11-6-2-1-3-7-11/h1-3,6-7,12H,4-5,8-10H2,(H3,14,15,16). The van der Waals surface area contributed by atoms with Crippen LogP contribution in [0.2, 0.25) is 0 Å². The topological polar surface area (TPSA) is 59.6 Å². The molecule has 1 saturated carbocycles. The molecule has 0 unspecified atom stereocenters. The average Bonchev–Trinajstić information content (AvgIpc) is 2.83. The Balaban J connectivity index is 1.71. The lowest BCUT2D eigenvalue weighted by Gasteiger charge is -2.08. The number of nitrogens with one attached hydrogen (secondary N) is 1. The van der Waals surface area contributed by atoms with Gasteiger partial charge in [0.05, 0.1) is 12.6 Å². The Bertz CT molecular complexity index is 358. The van der Waals surface area contributed by atoms with Gasteiger partial charge in [-0.05, 0) is 18.4 Å². The third-order valence-corrected chi connectivity index (χ3v) is 2.90. The highest BCUT2D eigenvalue weighted by molar-refractivity contribution is 5.76. The van der Waals surface area contributed by atoms with Crippen molar-refractivity contribution in [3.8, 4) is 0 Å². The first-order chi connectivity index (χ1) is 8.34. The number of rotatable bonds is 4. The first-order valence-electron chi connectivity index (χ1n) is 6.09. The van der Waals surface area contributed by atoms with Crippen molar-refractivity contribution in [2.45, 2.75) is 38.3 Å². The number of guanidine groups is 1. The highest BCUT2D eigenvalue weighted by Gasteiger charge is 2.13. The maximum atomic E-state index is 5.73. The van der Waals surface area contributed by atoms with E-state index in [9.17, 15) is 0 Å². The van der Waals surface area contributed by atoms with Crippen molar-refractivity contribution in [1.82, 2.24) is 5.48 Å². The van der Waals surface area contributed by atoms with Gasteiger partial charge in [0, 0.05) is 0 Å². The van der Waals surface area contributed by atoms with Crippen LogP contribution in [0.5, 0.6) is 0 Å². The number of hydrogen-bond donors (Lipinski definition) is 2. The van der Waals surface area contributed by atoms with Crippen LogP contribution in [0, 0.1) is 0 Å². The summed E-state index contributed by atoms with van der Waals surface area (Å²) in [5.74, 6) is 0.382. The fraction of sp³-hybridized carbons (Fsp3) is 0.462. The SMILES string of the molecule is NC(=NC1CCCC1)NOCc1ccccc1. The fourth-order valence-corrected chi connectivity index (χ4v) is 2.02. The molecular weight excluding hydrogens is 214 g/mol. The number of nitrogens with zero attached hydrogens (tertiary/aromatic N) is 1. The molecule has 0 bridgehead atoms. The zero-order valence-corrected chi connectivity index (χ0v) is 9.93. The van der Waals surface area contributed by atoms with Crippen molar-refractivity contribution in [3.63, 3.8) is 0 Å².